The van der Waals surface area contributed by atoms with Crippen molar-refractivity contribution in [3.8, 4) is 0 Å². The Morgan fingerprint density at radius 1 is 0.840 bits per heavy atom. The monoisotopic (exact) mass is 348 g/mol. The van der Waals surface area contributed by atoms with Gasteiger partial charge in [-0.05, 0) is 86.9 Å². The van der Waals surface area contributed by atoms with Crippen molar-refractivity contribution in [3.63, 3.8) is 0 Å². The average Bonchev–Trinajstić information content (AvgIpc) is 3.01. The van der Waals surface area contributed by atoms with Crippen molar-refractivity contribution in [1.82, 2.24) is 0 Å². The lowest BCUT2D eigenvalue weighted by Crippen LogP contribution is -2.62. The fourth-order valence-electron chi connectivity index (χ4n) is 8.26. The van der Waals surface area contributed by atoms with E-state index in [9.17, 15) is 5.11 Å². The highest BCUT2D eigenvalue weighted by Crippen LogP contribution is 2.68. The van der Waals surface area contributed by atoms with E-state index in [1.165, 1.54) is 38.5 Å². The second-order valence-electron chi connectivity index (χ2n) is 11.0. The molecule has 5 rings (SSSR count). The highest BCUT2D eigenvalue weighted by molar-refractivity contribution is 5.14. The standard InChI is InChI=1S/C22H36O3/c1-20(2)24-18-15-7-5-6-9-22(15,4)14-8-10-21(3)12-13(23)11-16(21)17(14)19(18)25-20/h13-19,23H,5-12H2,1-4H3/t13?,14?,15?,16?,17?,18-,19-,21-,22-/m1/s1. The van der Waals surface area contributed by atoms with Crippen LogP contribution in [0.2, 0.25) is 0 Å². The van der Waals surface area contributed by atoms with Crippen molar-refractivity contribution in [2.45, 2.75) is 103 Å². The Hall–Kier alpha value is -0.120. The third kappa shape index (κ3) is 2.28. The summed E-state index contributed by atoms with van der Waals surface area (Å²) in [5.41, 5.74) is 0.710. The van der Waals surface area contributed by atoms with E-state index in [0.717, 1.165) is 18.8 Å². The third-order valence-electron chi connectivity index (χ3n) is 9.19. The van der Waals surface area contributed by atoms with Crippen molar-refractivity contribution in [3.05, 3.63) is 0 Å². The zero-order chi connectivity index (χ0) is 17.6. The number of ether oxygens (including phenoxy) is 2. The molecule has 0 aromatic heterocycles. The third-order valence-corrected chi connectivity index (χ3v) is 9.19. The molecule has 25 heavy (non-hydrogen) atoms. The summed E-state index contributed by atoms with van der Waals surface area (Å²) >= 11 is 0. The first-order valence-electron chi connectivity index (χ1n) is 10.8. The van der Waals surface area contributed by atoms with Crippen molar-refractivity contribution in [2.24, 2.45) is 34.5 Å². The van der Waals surface area contributed by atoms with E-state index in [2.05, 4.69) is 27.7 Å². The molecule has 5 unspecified atom stereocenters. The minimum absolute atomic E-state index is 0.112. The Morgan fingerprint density at radius 2 is 1.60 bits per heavy atom. The molecule has 1 saturated heterocycles. The molecule has 3 heteroatoms. The molecule has 5 aliphatic rings. The molecular formula is C22H36O3. The van der Waals surface area contributed by atoms with Crippen molar-refractivity contribution >= 4 is 0 Å². The van der Waals surface area contributed by atoms with Gasteiger partial charge in [-0.15, -0.1) is 0 Å². The van der Waals surface area contributed by atoms with E-state index in [1.807, 2.05) is 0 Å². The number of aliphatic hydroxyl groups excluding tert-OH is 1. The van der Waals surface area contributed by atoms with E-state index in [-0.39, 0.29) is 18.3 Å². The second-order valence-corrected chi connectivity index (χ2v) is 11.0. The van der Waals surface area contributed by atoms with Gasteiger partial charge in [-0.2, -0.15) is 0 Å². The van der Waals surface area contributed by atoms with Crippen LogP contribution in [0.3, 0.4) is 0 Å². The van der Waals surface area contributed by atoms with E-state index in [4.69, 9.17) is 9.47 Å². The van der Waals surface area contributed by atoms with Gasteiger partial charge in [0.05, 0.1) is 18.3 Å². The molecule has 4 aliphatic carbocycles. The smallest absolute Gasteiger partial charge is 0.163 e. The number of hydrogen-bond donors (Lipinski definition) is 1. The number of rotatable bonds is 0. The molecule has 0 amide bonds. The average molecular weight is 349 g/mol. The van der Waals surface area contributed by atoms with E-state index < -0.39 is 5.79 Å². The Labute approximate surface area is 152 Å². The van der Waals surface area contributed by atoms with Gasteiger partial charge in [-0.1, -0.05) is 26.7 Å². The summed E-state index contributed by atoms with van der Waals surface area (Å²) in [6.07, 6.45) is 10.4. The summed E-state index contributed by atoms with van der Waals surface area (Å²) in [5.74, 6) is 2.13. The van der Waals surface area contributed by atoms with Gasteiger partial charge in [0.2, 0.25) is 0 Å². The van der Waals surface area contributed by atoms with Gasteiger partial charge in [-0.25, -0.2) is 0 Å². The maximum atomic E-state index is 10.5. The molecule has 0 spiro atoms. The molecular weight excluding hydrogens is 312 g/mol. The predicted octanol–water partition coefficient (Wildman–Crippen LogP) is 4.52. The molecule has 0 radical (unpaired) electrons. The van der Waals surface area contributed by atoms with E-state index >= 15 is 0 Å². The minimum Gasteiger partial charge on any atom is -0.393 e. The lowest BCUT2D eigenvalue weighted by Gasteiger charge is -2.62. The van der Waals surface area contributed by atoms with Crippen LogP contribution in [0, 0.1) is 34.5 Å². The van der Waals surface area contributed by atoms with Crippen molar-refractivity contribution in [1.29, 1.82) is 0 Å². The quantitative estimate of drug-likeness (QED) is 0.699. The van der Waals surface area contributed by atoms with E-state index in [0.29, 0.717) is 28.6 Å². The van der Waals surface area contributed by atoms with Crippen molar-refractivity contribution < 1.29 is 14.6 Å². The van der Waals surface area contributed by atoms with Crippen LogP contribution in [-0.2, 0) is 9.47 Å². The van der Waals surface area contributed by atoms with Gasteiger partial charge >= 0.3 is 0 Å². The highest BCUT2D eigenvalue weighted by Gasteiger charge is 2.67. The predicted molar refractivity (Wildman–Crippen MR) is 96.9 cm³/mol. The lowest BCUT2D eigenvalue weighted by atomic mass is 9.44. The van der Waals surface area contributed by atoms with Crippen LogP contribution in [0.5, 0.6) is 0 Å². The molecule has 4 saturated carbocycles. The Bertz CT molecular complexity index is 559. The van der Waals surface area contributed by atoms with Crippen LogP contribution in [0.25, 0.3) is 0 Å². The Balaban J connectivity index is 1.59. The molecule has 9 atom stereocenters. The topological polar surface area (TPSA) is 38.7 Å². The molecule has 5 fully saturated rings. The van der Waals surface area contributed by atoms with Crippen LogP contribution >= 0.6 is 0 Å². The summed E-state index contributed by atoms with van der Waals surface area (Å²) in [4.78, 5) is 0. The van der Waals surface area contributed by atoms with E-state index in [1.54, 1.807) is 0 Å². The molecule has 0 aromatic carbocycles. The van der Waals surface area contributed by atoms with Crippen LogP contribution in [0.15, 0.2) is 0 Å². The summed E-state index contributed by atoms with van der Waals surface area (Å²) in [5, 5.41) is 10.5. The largest absolute Gasteiger partial charge is 0.393 e. The zero-order valence-electron chi connectivity index (χ0n) is 16.5. The van der Waals surface area contributed by atoms with Gasteiger partial charge < -0.3 is 14.6 Å². The maximum absolute atomic E-state index is 10.5. The Kier molecular flexibility index (Phi) is 3.56. The van der Waals surface area contributed by atoms with Gasteiger partial charge in [0.25, 0.3) is 0 Å². The first-order chi connectivity index (χ1) is 11.7. The molecule has 0 aromatic rings. The van der Waals surface area contributed by atoms with Gasteiger partial charge in [-0.3, -0.25) is 0 Å². The normalized spacial score (nSPS) is 59.6. The zero-order valence-corrected chi connectivity index (χ0v) is 16.5. The summed E-state index contributed by atoms with van der Waals surface area (Å²) in [6, 6.07) is 0. The molecule has 3 nitrogen and oxygen atoms in total. The fourth-order valence-corrected chi connectivity index (χ4v) is 8.26. The Morgan fingerprint density at radius 3 is 2.40 bits per heavy atom. The highest BCUT2D eigenvalue weighted by atomic mass is 16.8. The summed E-state index contributed by atoms with van der Waals surface area (Å²) < 4.78 is 13.2. The molecule has 1 heterocycles. The minimum atomic E-state index is -0.451. The molecule has 1 aliphatic heterocycles. The first-order valence-corrected chi connectivity index (χ1v) is 10.8. The molecule has 1 N–H and O–H groups in total. The van der Waals surface area contributed by atoms with Gasteiger partial charge in [0.15, 0.2) is 5.79 Å². The lowest BCUT2D eigenvalue weighted by molar-refractivity contribution is -0.175. The molecule has 0 bridgehead atoms. The second kappa shape index (κ2) is 5.23. The first kappa shape index (κ1) is 17.0. The summed E-state index contributed by atoms with van der Waals surface area (Å²) in [7, 11) is 0. The van der Waals surface area contributed by atoms with Crippen LogP contribution in [0.1, 0.15) is 79.1 Å². The SMILES string of the molecule is CC1(C)O[C@@H]2C3C4CC(O)C[C@@]4(C)CCC3[C@@]3(C)CCCCC3[C@H]2O1. The fraction of sp³-hybridized carbons (Fsp3) is 1.00. The van der Waals surface area contributed by atoms with Gasteiger partial charge in [0, 0.05) is 0 Å². The van der Waals surface area contributed by atoms with Gasteiger partial charge in [0.1, 0.15) is 0 Å². The number of fused-ring (bicyclic) bond motifs is 8. The van der Waals surface area contributed by atoms with Crippen LogP contribution in [0.4, 0.5) is 0 Å². The number of hydrogen-bond acceptors (Lipinski definition) is 3. The molecule has 142 valence electrons. The van der Waals surface area contributed by atoms with Crippen molar-refractivity contribution in [2.75, 3.05) is 0 Å². The van der Waals surface area contributed by atoms with Crippen LogP contribution in [-0.4, -0.2) is 29.2 Å². The number of aliphatic hydroxyl groups is 1. The van der Waals surface area contributed by atoms with Crippen LogP contribution < -0.4 is 0 Å². The maximum Gasteiger partial charge on any atom is 0.163 e. The summed E-state index contributed by atoms with van der Waals surface area (Å²) in [6.45, 7) is 9.22.